The summed E-state index contributed by atoms with van der Waals surface area (Å²) in [5.74, 6) is -0.688. The molecule has 0 aliphatic carbocycles. The Hall–Kier alpha value is -3.78. The van der Waals surface area contributed by atoms with Crippen molar-refractivity contribution in [2.75, 3.05) is 5.32 Å². The van der Waals surface area contributed by atoms with Gasteiger partial charge in [0.1, 0.15) is 5.75 Å². The summed E-state index contributed by atoms with van der Waals surface area (Å²) in [6.07, 6.45) is 1.64. The van der Waals surface area contributed by atoms with Crippen molar-refractivity contribution in [3.63, 3.8) is 0 Å². The van der Waals surface area contributed by atoms with Gasteiger partial charge in [-0.1, -0.05) is 41.1 Å². The van der Waals surface area contributed by atoms with Crippen LogP contribution in [0.25, 0.3) is 0 Å². The predicted molar refractivity (Wildman–Crippen MR) is 126 cm³/mol. The number of carbonyl (C=O) groups is 3. The second-order valence-electron chi connectivity index (χ2n) is 6.61. The van der Waals surface area contributed by atoms with Gasteiger partial charge in [-0.15, -0.1) is 0 Å². The van der Waals surface area contributed by atoms with Crippen LogP contribution in [0.4, 0.5) is 5.69 Å². The van der Waals surface area contributed by atoms with Crippen LogP contribution in [0.3, 0.4) is 0 Å². The molecular formula is C24H20BrN3O4. The van der Waals surface area contributed by atoms with E-state index in [9.17, 15) is 14.4 Å². The molecule has 2 amide bonds. The van der Waals surface area contributed by atoms with E-state index in [1.54, 1.807) is 73.7 Å². The average molecular weight is 494 g/mol. The van der Waals surface area contributed by atoms with E-state index in [0.29, 0.717) is 28.1 Å². The normalized spacial score (nSPS) is 10.6. The average Bonchev–Trinajstić information content (AvgIpc) is 2.81. The highest BCUT2D eigenvalue weighted by molar-refractivity contribution is 9.10. The van der Waals surface area contributed by atoms with Crippen molar-refractivity contribution in [1.29, 1.82) is 0 Å². The molecule has 0 unspecified atom stereocenters. The number of rotatable bonds is 7. The molecule has 0 saturated heterocycles. The maximum absolute atomic E-state index is 12.4. The van der Waals surface area contributed by atoms with Crippen molar-refractivity contribution in [1.82, 2.24) is 5.43 Å². The van der Waals surface area contributed by atoms with Crippen LogP contribution in [0.1, 0.15) is 39.6 Å². The number of hydrogen-bond donors (Lipinski definition) is 2. The summed E-state index contributed by atoms with van der Waals surface area (Å²) < 4.78 is 6.04. The summed E-state index contributed by atoms with van der Waals surface area (Å²) in [5, 5.41) is 6.73. The predicted octanol–water partition coefficient (Wildman–Crippen LogP) is 4.78. The second kappa shape index (κ2) is 11.0. The van der Waals surface area contributed by atoms with E-state index in [2.05, 4.69) is 31.8 Å². The van der Waals surface area contributed by atoms with Gasteiger partial charge in [-0.25, -0.2) is 5.43 Å². The number of hydrogen-bond acceptors (Lipinski definition) is 5. The highest BCUT2D eigenvalue weighted by Crippen LogP contribution is 2.22. The van der Waals surface area contributed by atoms with Gasteiger partial charge in [-0.2, -0.15) is 5.10 Å². The van der Waals surface area contributed by atoms with Crippen LogP contribution in [-0.2, 0) is 4.79 Å². The Kier molecular flexibility index (Phi) is 7.88. The zero-order valence-corrected chi connectivity index (χ0v) is 18.8. The fraction of sp³-hybridized carbons (Fsp3) is 0.0833. The Morgan fingerprint density at radius 1 is 0.938 bits per heavy atom. The molecule has 32 heavy (non-hydrogen) atoms. The summed E-state index contributed by atoms with van der Waals surface area (Å²) in [6.45, 7) is 1.70. The van der Waals surface area contributed by atoms with Gasteiger partial charge in [0.2, 0.25) is 0 Å². The summed E-state index contributed by atoms with van der Waals surface area (Å²) in [5.41, 5.74) is 4.44. The number of benzene rings is 3. The minimum atomic E-state index is -0.427. The van der Waals surface area contributed by atoms with Crippen molar-refractivity contribution >= 4 is 45.6 Å². The SMILES string of the molecule is CCC(=O)Oc1ccc(Br)cc1/C=N\NC(=O)c1ccc(NC(=O)c2ccccc2)cc1. The van der Waals surface area contributed by atoms with Gasteiger partial charge >= 0.3 is 5.97 Å². The van der Waals surface area contributed by atoms with Gasteiger partial charge in [0.05, 0.1) is 6.21 Å². The molecule has 0 aromatic heterocycles. The zero-order valence-electron chi connectivity index (χ0n) is 17.2. The lowest BCUT2D eigenvalue weighted by molar-refractivity contribution is -0.134. The molecule has 0 spiro atoms. The zero-order chi connectivity index (χ0) is 22.9. The van der Waals surface area contributed by atoms with Crippen LogP contribution in [0.5, 0.6) is 5.75 Å². The van der Waals surface area contributed by atoms with Crippen molar-refractivity contribution < 1.29 is 19.1 Å². The maximum atomic E-state index is 12.4. The van der Waals surface area contributed by atoms with E-state index >= 15 is 0 Å². The van der Waals surface area contributed by atoms with Crippen LogP contribution < -0.4 is 15.5 Å². The number of esters is 1. The van der Waals surface area contributed by atoms with E-state index in [-0.39, 0.29) is 18.3 Å². The van der Waals surface area contributed by atoms with Crippen LogP contribution >= 0.6 is 15.9 Å². The maximum Gasteiger partial charge on any atom is 0.310 e. The minimum Gasteiger partial charge on any atom is -0.426 e. The fourth-order valence-electron chi connectivity index (χ4n) is 2.63. The third-order valence-corrected chi connectivity index (χ3v) is 4.79. The standard InChI is InChI=1S/C24H20BrN3O4/c1-2-22(29)32-21-13-10-19(25)14-18(21)15-26-28-24(31)17-8-11-20(12-9-17)27-23(30)16-6-4-3-5-7-16/h3-15H,2H2,1H3,(H,27,30)(H,28,31)/b26-15-. The van der Waals surface area contributed by atoms with Crippen LogP contribution in [-0.4, -0.2) is 24.0 Å². The molecule has 0 atom stereocenters. The lowest BCUT2D eigenvalue weighted by Crippen LogP contribution is -2.18. The Labute approximate surface area is 193 Å². The Morgan fingerprint density at radius 2 is 1.62 bits per heavy atom. The molecule has 3 rings (SSSR count). The van der Waals surface area contributed by atoms with Crippen molar-refractivity contribution in [2.24, 2.45) is 5.10 Å². The van der Waals surface area contributed by atoms with Crippen molar-refractivity contribution in [3.8, 4) is 5.75 Å². The third-order valence-electron chi connectivity index (χ3n) is 4.29. The molecule has 0 bridgehead atoms. The summed E-state index contributed by atoms with van der Waals surface area (Å²) >= 11 is 3.36. The molecule has 8 heteroatoms. The number of hydrazone groups is 1. The molecule has 3 aromatic rings. The number of amides is 2. The first-order valence-electron chi connectivity index (χ1n) is 9.76. The first-order valence-corrected chi connectivity index (χ1v) is 10.6. The lowest BCUT2D eigenvalue weighted by atomic mass is 10.1. The van der Waals surface area contributed by atoms with E-state index in [0.717, 1.165) is 4.47 Å². The largest absolute Gasteiger partial charge is 0.426 e. The fourth-order valence-corrected chi connectivity index (χ4v) is 3.01. The number of nitrogens with one attached hydrogen (secondary N) is 2. The Balaban J connectivity index is 1.62. The van der Waals surface area contributed by atoms with E-state index in [4.69, 9.17) is 4.74 Å². The van der Waals surface area contributed by atoms with E-state index < -0.39 is 5.91 Å². The van der Waals surface area contributed by atoms with Gasteiger partial charge in [-0.3, -0.25) is 14.4 Å². The molecular weight excluding hydrogens is 474 g/mol. The molecule has 0 heterocycles. The van der Waals surface area contributed by atoms with E-state index in [1.807, 2.05) is 6.07 Å². The number of ether oxygens (including phenoxy) is 1. The van der Waals surface area contributed by atoms with Gasteiger partial charge in [-0.05, 0) is 54.6 Å². The van der Waals surface area contributed by atoms with Gasteiger partial charge < -0.3 is 10.1 Å². The number of anilines is 1. The molecule has 0 saturated carbocycles. The lowest BCUT2D eigenvalue weighted by Gasteiger charge is -2.07. The van der Waals surface area contributed by atoms with Crippen LogP contribution in [0, 0.1) is 0 Å². The molecule has 0 fully saturated rings. The van der Waals surface area contributed by atoms with Crippen molar-refractivity contribution in [3.05, 3.63) is 94.0 Å². The number of halogens is 1. The van der Waals surface area contributed by atoms with Gasteiger partial charge in [0.15, 0.2) is 0 Å². The molecule has 0 aliphatic rings. The Morgan fingerprint density at radius 3 is 2.31 bits per heavy atom. The van der Waals surface area contributed by atoms with Gasteiger partial charge in [0.25, 0.3) is 11.8 Å². The van der Waals surface area contributed by atoms with E-state index in [1.165, 1.54) is 6.21 Å². The van der Waals surface area contributed by atoms with Gasteiger partial charge in [0, 0.05) is 33.3 Å². The summed E-state index contributed by atoms with van der Waals surface area (Å²) in [7, 11) is 0. The topological polar surface area (TPSA) is 96.9 Å². The number of carbonyl (C=O) groups excluding carboxylic acids is 3. The minimum absolute atomic E-state index is 0.235. The molecule has 3 aromatic carbocycles. The molecule has 162 valence electrons. The highest BCUT2D eigenvalue weighted by Gasteiger charge is 2.09. The molecule has 0 radical (unpaired) electrons. The first kappa shape index (κ1) is 22.9. The van der Waals surface area contributed by atoms with Crippen LogP contribution in [0.15, 0.2) is 82.4 Å². The molecule has 0 aliphatic heterocycles. The highest BCUT2D eigenvalue weighted by atomic mass is 79.9. The monoisotopic (exact) mass is 493 g/mol. The quantitative estimate of drug-likeness (QED) is 0.214. The summed E-state index contributed by atoms with van der Waals surface area (Å²) in [6, 6.07) is 20.4. The third kappa shape index (κ3) is 6.36. The van der Waals surface area contributed by atoms with Crippen molar-refractivity contribution in [2.45, 2.75) is 13.3 Å². The molecule has 7 nitrogen and oxygen atoms in total. The number of nitrogens with zero attached hydrogens (tertiary/aromatic N) is 1. The smallest absolute Gasteiger partial charge is 0.310 e. The Bertz CT molecular complexity index is 1150. The summed E-state index contributed by atoms with van der Waals surface area (Å²) in [4.78, 5) is 36.1. The molecule has 2 N–H and O–H groups in total. The second-order valence-corrected chi connectivity index (χ2v) is 7.52. The van der Waals surface area contributed by atoms with Crippen LogP contribution in [0.2, 0.25) is 0 Å². The first-order chi connectivity index (χ1) is 15.5.